The van der Waals surface area contributed by atoms with Gasteiger partial charge in [0.25, 0.3) is 0 Å². The highest BCUT2D eigenvalue weighted by Crippen LogP contribution is 2.22. The van der Waals surface area contributed by atoms with Crippen LogP contribution in [-0.4, -0.2) is 17.8 Å². The van der Waals surface area contributed by atoms with Gasteiger partial charge in [-0.25, -0.2) is 0 Å². The number of nitriles is 1. The van der Waals surface area contributed by atoms with E-state index in [0.29, 0.717) is 5.56 Å². The van der Waals surface area contributed by atoms with Gasteiger partial charge in [-0.3, -0.25) is 4.79 Å². The Hall–Kier alpha value is -1.53. The second kappa shape index (κ2) is 5.20. The quantitative estimate of drug-likeness (QED) is 0.811. The molecule has 1 aliphatic carbocycles. The number of halogens is 1. The Bertz CT molecular complexity index is 479. The van der Waals surface area contributed by atoms with Gasteiger partial charge >= 0.3 is 0 Å². The summed E-state index contributed by atoms with van der Waals surface area (Å²) < 4.78 is 0. The SMILES string of the molecule is N#Cc1ccc2c(c1)CCC(NC(=O)CCl)C2. The summed E-state index contributed by atoms with van der Waals surface area (Å²) in [5.41, 5.74) is 3.14. The molecule has 88 valence electrons. The second-order valence-electron chi connectivity index (χ2n) is 4.24. The van der Waals surface area contributed by atoms with Crippen molar-refractivity contribution in [1.29, 1.82) is 5.26 Å². The average molecular weight is 249 g/mol. The summed E-state index contributed by atoms with van der Waals surface area (Å²) in [5, 5.41) is 11.7. The molecule has 0 saturated heterocycles. The first-order valence-corrected chi connectivity index (χ1v) is 6.13. The molecule has 0 aromatic heterocycles. The molecule has 1 aromatic rings. The molecular formula is C13H13ClN2O. The van der Waals surface area contributed by atoms with E-state index >= 15 is 0 Å². The summed E-state index contributed by atoms with van der Waals surface area (Å²) in [4.78, 5) is 11.2. The monoisotopic (exact) mass is 248 g/mol. The van der Waals surface area contributed by atoms with Gasteiger partial charge < -0.3 is 5.32 Å². The van der Waals surface area contributed by atoms with E-state index < -0.39 is 0 Å². The maximum atomic E-state index is 11.2. The molecule has 0 heterocycles. The number of rotatable bonds is 2. The van der Waals surface area contributed by atoms with E-state index in [0.717, 1.165) is 19.3 Å². The molecule has 1 atom stereocenters. The van der Waals surface area contributed by atoms with Crippen molar-refractivity contribution in [2.24, 2.45) is 0 Å². The zero-order chi connectivity index (χ0) is 12.3. The van der Waals surface area contributed by atoms with Crippen LogP contribution in [0.5, 0.6) is 0 Å². The predicted octanol–water partition coefficient (Wildman–Crippen LogP) is 1.77. The first kappa shape index (κ1) is 11.9. The molecule has 1 N–H and O–H groups in total. The largest absolute Gasteiger partial charge is 0.352 e. The Morgan fingerprint density at radius 3 is 3.06 bits per heavy atom. The van der Waals surface area contributed by atoms with Crippen LogP contribution in [0, 0.1) is 11.3 Å². The van der Waals surface area contributed by atoms with Crippen LogP contribution in [0.15, 0.2) is 18.2 Å². The molecule has 0 aliphatic heterocycles. The highest BCUT2D eigenvalue weighted by atomic mass is 35.5. The number of carbonyl (C=O) groups is 1. The van der Waals surface area contributed by atoms with Crippen molar-refractivity contribution in [3.8, 4) is 6.07 Å². The van der Waals surface area contributed by atoms with Gasteiger partial charge in [-0.2, -0.15) is 5.26 Å². The molecule has 0 saturated carbocycles. The Labute approximate surface area is 105 Å². The molecule has 2 rings (SSSR count). The number of nitrogens with one attached hydrogen (secondary N) is 1. The molecule has 0 spiro atoms. The van der Waals surface area contributed by atoms with Crippen molar-refractivity contribution in [2.75, 3.05) is 5.88 Å². The first-order valence-electron chi connectivity index (χ1n) is 5.60. The van der Waals surface area contributed by atoms with Crippen molar-refractivity contribution < 1.29 is 4.79 Å². The van der Waals surface area contributed by atoms with Gasteiger partial charge in [0.15, 0.2) is 0 Å². The third-order valence-electron chi connectivity index (χ3n) is 3.05. The molecule has 1 unspecified atom stereocenters. The van der Waals surface area contributed by atoms with Gasteiger partial charge in [0, 0.05) is 6.04 Å². The summed E-state index contributed by atoms with van der Waals surface area (Å²) in [6.45, 7) is 0. The lowest BCUT2D eigenvalue weighted by atomic mass is 9.87. The zero-order valence-corrected chi connectivity index (χ0v) is 10.1. The molecular weight excluding hydrogens is 236 g/mol. The Morgan fingerprint density at radius 1 is 1.53 bits per heavy atom. The maximum absolute atomic E-state index is 11.2. The molecule has 0 radical (unpaired) electrons. The summed E-state index contributed by atoms with van der Waals surface area (Å²) in [5.74, 6) is -0.106. The number of hydrogen-bond acceptors (Lipinski definition) is 2. The van der Waals surface area contributed by atoms with Crippen LogP contribution in [0.4, 0.5) is 0 Å². The van der Waals surface area contributed by atoms with Crippen molar-refractivity contribution in [1.82, 2.24) is 5.32 Å². The van der Waals surface area contributed by atoms with E-state index in [4.69, 9.17) is 16.9 Å². The van der Waals surface area contributed by atoms with Crippen molar-refractivity contribution >= 4 is 17.5 Å². The van der Waals surface area contributed by atoms with Crippen molar-refractivity contribution in [3.63, 3.8) is 0 Å². The molecule has 0 fully saturated rings. The fraction of sp³-hybridized carbons (Fsp3) is 0.385. The van der Waals surface area contributed by atoms with Crippen LogP contribution in [0.2, 0.25) is 0 Å². The van der Waals surface area contributed by atoms with E-state index in [1.165, 1.54) is 11.1 Å². The minimum atomic E-state index is -0.117. The smallest absolute Gasteiger partial charge is 0.235 e. The lowest BCUT2D eigenvalue weighted by Gasteiger charge is -2.25. The Kier molecular flexibility index (Phi) is 3.65. The minimum Gasteiger partial charge on any atom is -0.352 e. The first-order chi connectivity index (χ1) is 8.22. The van der Waals surface area contributed by atoms with Crippen molar-refractivity contribution in [2.45, 2.75) is 25.3 Å². The third kappa shape index (κ3) is 2.78. The number of fused-ring (bicyclic) bond motifs is 1. The number of nitrogens with zero attached hydrogens (tertiary/aromatic N) is 1. The van der Waals surface area contributed by atoms with Crippen LogP contribution in [0.1, 0.15) is 23.1 Å². The van der Waals surface area contributed by atoms with Gasteiger partial charge in [0.2, 0.25) is 5.91 Å². The number of benzene rings is 1. The van der Waals surface area contributed by atoms with Crippen LogP contribution in [-0.2, 0) is 17.6 Å². The summed E-state index contributed by atoms with van der Waals surface area (Å²) in [6, 6.07) is 8.05. The number of carbonyl (C=O) groups excluding carboxylic acids is 1. The molecule has 1 aromatic carbocycles. The maximum Gasteiger partial charge on any atom is 0.235 e. The fourth-order valence-electron chi connectivity index (χ4n) is 2.21. The van der Waals surface area contributed by atoms with Gasteiger partial charge in [-0.15, -0.1) is 11.6 Å². The van der Waals surface area contributed by atoms with E-state index in [2.05, 4.69) is 11.4 Å². The molecule has 4 heteroatoms. The standard InChI is InChI=1S/C13H13ClN2O/c14-7-13(17)16-12-4-3-10-5-9(8-15)1-2-11(10)6-12/h1-2,5,12H,3-4,6-7H2,(H,16,17). The van der Waals surface area contributed by atoms with Crippen LogP contribution in [0.25, 0.3) is 0 Å². The van der Waals surface area contributed by atoms with Crippen LogP contribution >= 0.6 is 11.6 Å². The molecule has 17 heavy (non-hydrogen) atoms. The molecule has 0 bridgehead atoms. The highest BCUT2D eigenvalue weighted by Gasteiger charge is 2.19. The van der Waals surface area contributed by atoms with Gasteiger partial charge in [0.05, 0.1) is 11.6 Å². The van der Waals surface area contributed by atoms with E-state index in [1.807, 2.05) is 18.2 Å². The topological polar surface area (TPSA) is 52.9 Å². The summed E-state index contributed by atoms with van der Waals surface area (Å²) >= 11 is 5.46. The average Bonchev–Trinajstić information content (AvgIpc) is 2.38. The molecule has 3 nitrogen and oxygen atoms in total. The number of alkyl halides is 1. The van der Waals surface area contributed by atoms with Gasteiger partial charge in [0.1, 0.15) is 5.88 Å². The molecule has 1 amide bonds. The van der Waals surface area contributed by atoms with E-state index in [-0.39, 0.29) is 17.8 Å². The Balaban J connectivity index is 2.09. The minimum absolute atomic E-state index is 0.0106. The zero-order valence-electron chi connectivity index (χ0n) is 9.37. The van der Waals surface area contributed by atoms with E-state index in [9.17, 15) is 4.79 Å². The van der Waals surface area contributed by atoms with Crippen molar-refractivity contribution in [3.05, 3.63) is 34.9 Å². The third-order valence-corrected chi connectivity index (χ3v) is 3.29. The molecule has 1 aliphatic rings. The van der Waals surface area contributed by atoms with Gasteiger partial charge in [-0.05, 0) is 42.5 Å². The summed E-state index contributed by atoms with van der Waals surface area (Å²) in [6.07, 6.45) is 2.63. The number of hydrogen-bond donors (Lipinski definition) is 1. The number of aryl methyl sites for hydroxylation is 1. The number of amides is 1. The van der Waals surface area contributed by atoms with E-state index in [1.54, 1.807) is 0 Å². The fourth-order valence-corrected chi connectivity index (χ4v) is 2.29. The lowest BCUT2D eigenvalue weighted by molar-refractivity contribution is -0.119. The Morgan fingerprint density at radius 2 is 2.35 bits per heavy atom. The predicted molar refractivity (Wildman–Crippen MR) is 65.8 cm³/mol. The van der Waals surface area contributed by atoms with Crippen LogP contribution < -0.4 is 5.32 Å². The normalized spacial score (nSPS) is 18.0. The second-order valence-corrected chi connectivity index (χ2v) is 4.50. The highest BCUT2D eigenvalue weighted by molar-refractivity contribution is 6.27. The van der Waals surface area contributed by atoms with Gasteiger partial charge in [-0.1, -0.05) is 6.07 Å². The van der Waals surface area contributed by atoms with Crippen LogP contribution in [0.3, 0.4) is 0 Å². The summed E-state index contributed by atoms with van der Waals surface area (Å²) in [7, 11) is 0. The lowest BCUT2D eigenvalue weighted by Crippen LogP contribution is -2.39.